The van der Waals surface area contributed by atoms with Gasteiger partial charge in [-0.15, -0.1) is 0 Å². The summed E-state index contributed by atoms with van der Waals surface area (Å²) in [6, 6.07) is 5.98. The van der Waals surface area contributed by atoms with Crippen molar-refractivity contribution in [1.29, 1.82) is 0 Å². The molecule has 0 radical (unpaired) electrons. The van der Waals surface area contributed by atoms with E-state index in [2.05, 4.69) is 10.6 Å². The van der Waals surface area contributed by atoms with E-state index in [1.807, 2.05) is 0 Å². The highest BCUT2D eigenvalue weighted by atomic mass is 16.5. The zero-order valence-corrected chi connectivity index (χ0v) is 13.4. The summed E-state index contributed by atoms with van der Waals surface area (Å²) in [5, 5.41) is 14.9. The van der Waals surface area contributed by atoms with E-state index in [-0.39, 0.29) is 35.8 Å². The molecule has 130 valence electrons. The van der Waals surface area contributed by atoms with Crippen molar-refractivity contribution in [3.05, 3.63) is 29.8 Å². The molecule has 0 bridgehead atoms. The first kappa shape index (κ1) is 16.7. The van der Waals surface area contributed by atoms with Gasteiger partial charge in [0.05, 0.1) is 12.1 Å². The fourth-order valence-corrected chi connectivity index (χ4v) is 3.23. The van der Waals surface area contributed by atoms with Gasteiger partial charge in [0.15, 0.2) is 0 Å². The highest BCUT2D eigenvalue weighted by molar-refractivity contribution is 5.81. The van der Waals surface area contributed by atoms with Crippen LogP contribution in [0.15, 0.2) is 24.3 Å². The Bertz CT molecular complexity index is 604. The monoisotopic (exact) mass is 333 g/mol. The predicted molar refractivity (Wildman–Crippen MR) is 86.9 cm³/mol. The number of phenols is 1. The van der Waals surface area contributed by atoms with Crippen LogP contribution in [0.2, 0.25) is 0 Å². The van der Waals surface area contributed by atoms with Gasteiger partial charge in [-0.2, -0.15) is 0 Å². The predicted octanol–water partition coefficient (Wildman–Crippen LogP) is 0.0194. The number of hydrogen-bond acceptors (Lipinski definition) is 5. The molecule has 7 heteroatoms. The Morgan fingerprint density at radius 2 is 2.12 bits per heavy atom. The van der Waals surface area contributed by atoms with Gasteiger partial charge in [0.2, 0.25) is 11.8 Å². The fraction of sp³-hybridized carbons (Fsp3) is 0.529. The number of phenolic OH excluding ortho intramolecular Hbond substituents is 1. The molecule has 2 aliphatic rings. The second-order valence-corrected chi connectivity index (χ2v) is 6.51. The lowest BCUT2D eigenvalue weighted by Crippen LogP contribution is -2.48. The lowest BCUT2D eigenvalue weighted by atomic mass is 9.95. The van der Waals surface area contributed by atoms with Crippen molar-refractivity contribution in [2.75, 3.05) is 6.54 Å². The van der Waals surface area contributed by atoms with Gasteiger partial charge in [0.1, 0.15) is 12.0 Å². The lowest BCUT2D eigenvalue weighted by Gasteiger charge is -2.32. The number of ether oxygens (including phenoxy) is 1. The van der Waals surface area contributed by atoms with Crippen molar-refractivity contribution in [1.82, 2.24) is 10.6 Å². The summed E-state index contributed by atoms with van der Waals surface area (Å²) in [6.45, 7) is 0.390. The summed E-state index contributed by atoms with van der Waals surface area (Å²) in [7, 11) is 0. The molecule has 7 nitrogen and oxygen atoms in total. The largest absolute Gasteiger partial charge is 0.508 e. The van der Waals surface area contributed by atoms with Gasteiger partial charge in [0, 0.05) is 18.9 Å². The molecule has 3 rings (SSSR count). The van der Waals surface area contributed by atoms with Crippen molar-refractivity contribution in [3.63, 3.8) is 0 Å². The SMILES string of the molecule is N[C@@H](Cc1ccc(O)cc1)C(=O)NC[C@@H]1CCC2CC(=O)NC2O1. The van der Waals surface area contributed by atoms with Crippen molar-refractivity contribution in [3.8, 4) is 5.75 Å². The standard InChI is InChI=1S/C17H23N3O4/c18-14(7-10-1-4-12(21)5-2-10)16(23)19-9-13-6-3-11-8-15(22)20-17(11)24-13/h1-2,4-5,11,13-14,17,21H,3,6-9,18H2,(H,19,23)(H,20,22)/t11?,13-,14-,17?/m0/s1. The topological polar surface area (TPSA) is 114 Å². The zero-order chi connectivity index (χ0) is 17.1. The van der Waals surface area contributed by atoms with E-state index in [1.54, 1.807) is 24.3 Å². The molecule has 1 aromatic carbocycles. The maximum atomic E-state index is 12.1. The third kappa shape index (κ3) is 4.04. The van der Waals surface area contributed by atoms with Gasteiger partial charge in [-0.1, -0.05) is 12.1 Å². The Kier molecular flexibility index (Phi) is 5.01. The van der Waals surface area contributed by atoms with Crippen molar-refractivity contribution in [2.45, 2.75) is 44.1 Å². The second kappa shape index (κ2) is 7.19. The van der Waals surface area contributed by atoms with Crippen LogP contribution >= 0.6 is 0 Å². The van der Waals surface area contributed by atoms with E-state index in [1.165, 1.54) is 0 Å². The van der Waals surface area contributed by atoms with Crippen LogP contribution in [-0.4, -0.2) is 41.8 Å². The number of fused-ring (bicyclic) bond motifs is 1. The average molecular weight is 333 g/mol. The molecule has 0 aliphatic carbocycles. The molecule has 2 fully saturated rings. The number of nitrogens with one attached hydrogen (secondary N) is 2. The summed E-state index contributed by atoms with van der Waals surface area (Å²) < 4.78 is 5.83. The third-order valence-corrected chi connectivity index (χ3v) is 4.61. The number of amides is 2. The summed E-state index contributed by atoms with van der Waals surface area (Å²) >= 11 is 0. The quantitative estimate of drug-likeness (QED) is 0.607. The van der Waals surface area contributed by atoms with Crippen LogP contribution in [0.5, 0.6) is 5.75 Å². The van der Waals surface area contributed by atoms with Crippen LogP contribution in [0.25, 0.3) is 0 Å². The van der Waals surface area contributed by atoms with Crippen molar-refractivity contribution >= 4 is 11.8 Å². The third-order valence-electron chi connectivity index (χ3n) is 4.61. The molecule has 0 spiro atoms. The average Bonchev–Trinajstić information content (AvgIpc) is 2.93. The highest BCUT2D eigenvalue weighted by Gasteiger charge is 2.38. The summed E-state index contributed by atoms with van der Waals surface area (Å²) in [5.74, 6) is 0.236. The number of carbonyl (C=O) groups is 2. The summed E-state index contributed by atoms with van der Waals surface area (Å²) in [6.07, 6.45) is 2.35. The number of benzene rings is 1. The van der Waals surface area contributed by atoms with Crippen LogP contribution in [0, 0.1) is 5.92 Å². The maximum absolute atomic E-state index is 12.1. The van der Waals surface area contributed by atoms with Gasteiger partial charge in [-0.05, 0) is 37.0 Å². The van der Waals surface area contributed by atoms with Crippen LogP contribution in [-0.2, 0) is 20.7 Å². The van der Waals surface area contributed by atoms with E-state index < -0.39 is 6.04 Å². The molecule has 1 aromatic rings. The Morgan fingerprint density at radius 3 is 2.88 bits per heavy atom. The molecule has 2 saturated heterocycles. The molecule has 0 aromatic heterocycles. The van der Waals surface area contributed by atoms with Crippen molar-refractivity contribution < 1.29 is 19.4 Å². The molecule has 5 N–H and O–H groups in total. The Balaban J connectivity index is 1.43. The number of rotatable bonds is 5. The maximum Gasteiger partial charge on any atom is 0.237 e. The van der Waals surface area contributed by atoms with Crippen LogP contribution < -0.4 is 16.4 Å². The number of aromatic hydroxyl groups is 1. The van der Waals surface area contributed by atoms with Crippen LogP contribution in [0.3, 0.4) is 0 Å². The molecule has 2 aliphatic heterocycles. The Morgan fingerprint density at radius 1 is 1.38 bits per heavy atom. The minimum atomic E-state index is -0.655. The van der Waals surface area contributed by atoms with E-state index in [4.69, 9.17) is 10.5 Å². The van der Waals surface area contributed by atoms with Crippen LogP contribution in [0.4, 0.5) is 0 Å². The Hall–Kier alpha value is -2.12. The molecule has 2 amide bonds. The smallest absolute Gasteiger partial charge is 0.237 e. The highest BCUT2D eigenvalue weighted by Crippen LogP contribution is 2.29. The number of nitrogens with two attached hydrogens (primary N) is 1. The van der Waals surface area contributed by atoms with E-state index in [0.29, 0.717) is 19.4 Å². The molecular formula is C17H23N3O4. The minimum absolute atomic E-state index is 0.0330. The molecule has 0 saturated carbocycles. The zero-order valence-electron chi connectivity index (χ0n) is 13.4. The van der Waals surface area contributed by atoms with Gasteiger partial charge in [0.25, 0.3) is 0 Å². The number of carbonyl (C=O) groups excluding carboxylic acids is 2. The van der Waals surface area contributed by atoms with Crippen LogP contribution in [0.1, 0.15) is 24.8 Å². The van der Waals surface area contributed by atoms with E-state index >= 15 is 0 Å². The molecule has 2 heterocycles. The normalized spacial score (nSPS) is 27.2. The first-order valence-electron chi connectivity index (χ1n) is 8.27. The summed E-state index contributed by atoms with van der Waals surface area (Å²) in [4.78, 5) is 23.5. The number of hydrogen-bond donors (Lipinski definition) is 4. The molecule has 24 heavy (non-hydrogen) atoms. The molecule has 2 unspecified atom stereocenters. The van der Waals surface area contributed by atoms with Gasteiger partial charge < -0.3 is 26.2 Å². The van der Waals surface area contributed by atoms with Gasteiger partial charge >= 0.3 is 0 Å². The van der Waals surface area contributed by atoms with E-state index in [0.717, 1.165) is 18.4 Å². The van der Waals surface area contributed by atoms with Gasteiger partial charge in [-0.25, -0.2) is 0 Å². The van der Waals surface area contributed by atoms with Gasteiger partial charge in [-0.3, -0.25) is 9.59 Å². The van der Waals surface area contributed by atoms with Crippen molar-refractivity contribution in [2.24, 2.45) is 11.7 Å². The lowest BCUT2D eigenvalue weighted by molar-refractivity contribution is -0.126. The Labute approximate surface area is 140 Å². The first-order chi connectivity index (χ1) is 11.5. The first-order valence-corrected chi connectivity index (χ1v) is 8.27. The fourth-order valence-electron chi connectivity index (χ4n) is 3.23. The summed E-state index contributed by atoms with van der Waals surface area (Å²) in [5.41, 5.74) is 6.82. The second-order valence-electron chi connectivity index (χ2n) is 6.51. The minimum Gasteiger partial charge on any atom is -0.508 e. The molecular weight excluding hydrogens is 310 g/mol. The van der Waals surface area contributed by atoms with E-state index in [9.17, 15) is 14.7 Å². The molecule has 4 atom stereocenters.